The van der Waals surface area contributed by atoms with Gasteiger partial charge in [0, 0.05) is 12.8 Å². The number of esters is 2. The highest BCUT2D eigenvalue weighted by Gasteiger charge is 2.67. The van der Waals surface area contributed by atoms with E-state index in [4.69, 9.17) is 9.47 Å². The van der Waals surface area contributed by atoms with Crippen LogP contribution in [0.25, 0.3) is 0 Å². The Morgan fingerprint density at radius 2 is 1.78 bits per heavy atom. The van der Waals surface area contributed by atoms with Crippen molar-refractivity contribution in [1.82, 2.24) is 0 Å². The van der Waals surface area contributed by atoms with Crippen LogP contribution in [0, 0.1) is 16.2 Å². The molecule has 2 heterocycles. The summed E-state index contributed by atoms with van der Waals surface area (Å²) in [5, 5.41) is 0. The van der Waals surface area contributed by atoms with Crippen molar-refractivity contribution in [2.45, 2.75) is 91.3 Å². The predicted octanol–water partition coefficient (Wildman–Crippen LogP) is 4.01. The Morgan fingerprint density at radius 1 is 1.13 bits per heavy atom. The topological polar surface area (TPSA) is 52.6 Å². The first kappa shape index (κ1) is 16.8. The molecule has 23 heavy (non-hydrogen) atoms. The molecule has 0 spiro atoms. The summed E-state index contributed by atoms with van der Waals surface area (Å²) in [6.45, 7) is 12.1. The van der Waals surface area contributed by atoms with Gasteiger partial charge in [0.1, 0.15) is 11.2 Å². The molecule has 4 bridgehead atoms. The third-order valence-corrected chi connectivity index (χ3v) is 6.35. The maximum absolute atomic E-state index is 12.7. The van der Waals surface area contributed by atoms with Crippen LogP contribution >= 0.6 is 0 Å². The maximum Gasteiger partial charge on any atom is 0.312 e. The Bertz CT molecular complexity index is 568. The van der Waals surface area contributed by atoms with Crippen LogP contribution in [0.2, 0.25) is 0 Å². The molecule has 0 N–H and O–H groups in total. The average molecular weight is 322 g/mol. The van der Waals surface area contributed by atoms with Crippen LogP contribution in [0.15, 0.2) is 0 Å². The third-order valence-electron chi connectivity index (χ3n) is 6.35. The largest absolute Gasteiger partial charge is 0.459 e. The third kappa shape index (κ3) is 2.58. The standard InChI is InChI=1S/C19H30O4/c1-7-15(2,3)13(20)23-19-10-16(4)8-17(5,11-19)14(21)22-18(6,9-16)12-19/h7-12H2,1-6H3. The lowest BCUT2D eigenvalue weighted by atomic mass is 9.51. The van der Waals surface area contributed by atoms with E-state index in [0.29, 0.717) is 12.8 Å². The fraction of sp³-hybridized carbons (Fsp3) is 0.895. The number of hydrogen-bond acceptors (Lipinski definition) is 4. The summed E-state index contributed by atoms with van der Waals surface area (Å²) in [7, 11) is 0. The molecule has 2 saturated heterocycles. The second-order valence-corrected chi connectivity index (χ2v) is 9.90. The minimum absolute atomic E-state index is 0.0111. The summed E-state index contributed by atoms with van der Waals surface area (Å²) < 4.78 is 12.0. The summed E-state index contributed by atoms with van der Waals surface area (Å²) in [5.74, 6) is -0.263. The normalized spacial score (nSPS) is 45.6. The highest BCUT2D eigenvalue weighted by atomic mass is 16.6. The molecule has 0 aromatic rings. The molecule has 2 aliphatic carbocycles. The van der Waals surface area contributed by atoms with Gasteiger partial charge in [-0.1, -0.05) is 13.8 Å². The van der Waals surface area contributed by atoms with Gasteiger partial charge < -0.3 is 9.47 Å². The van der Waals surface area contributed by atoms with Crippen molar-refractivity contribution in [3.05, 3.63) is 0 Å². The minimum atomic E-state index is -0.565. The van der Waals surface area contributed by atoms with Crippen molar-refractivity contribution in [3.63, 3.8) is 0 Å². The Morgan fingerprint density at radius 3 is 2.39 bits per heavy atom. The first-order chi connectivity index (χ1) is 10.4. The van der Waals surface area contributed by atoms with E-state index in [1.807, 2.05) is 34.6 Å². The average Bonchev–Trinajstić information content (AvgIpc) is 2.42. The number of hydrogen-bond donors (Lipinski definition) is 0. The Balaban J connectivity index is 2.00. The molecule has 4 aliphatic rings. The molecule has 4 rings (SSSR count). The molecule has 2 saturated carbocycles. The van der Waals surface area contributed by atoms with E-state index in [9.17, 15) is 9.59 Å². The van der Waals surface area contributed by atoms with E-state index >= 15 is 0 Å². The number of carbonyl (C=O) groups excluding carboxylic acids is 2. The first-order valence-corrected chi connectivity index (χ1v) is 8.82. The van der Waals surface area contributed by atoms with Crippen molar-refractivity contribution in [3.8, 4) is 0 Å². The van der Waals surface area contributed by atoms with Gasteiger partial charge in [-0.25, -0.2) is 0 Å². The Kier molecular flexibility index (Phi) is 3.30. The summed E-state index contributed by atoms with van der Waals surface area (Å²) in [6, 6.07) is 0. The van der Waals surface area contributed by atoms with Crippen LogP contribution < -0.4 is 0 Å². The van der Waals surface area contributed by atoms with E-state index in [0.717, 1.165) is 25.7 Å². The van der Waals surface area contributed by atoms with Gasteiger partial charge in [0.15, 0.2) is 0 Å². The molecular formula is C19H30O4. The number of fused-ring (bicyclic) bond motifs is 1. The zero-order chi connectivity index (χ0) is 17.3. The van der Waals surface area contributed by atoms with Gasteiger partial charge in [0.25, 0.3) is 0 Å². The molecular weight excluding hydrogens is 292 g/mol. The molecule has 0 amide bonds. The van der Waals surface area contributed by atoms with E-state index in [2.05, 4.69) is 6.92 Å². The van der Waals surface area contributed by atoms with Crippen molar-refractivity contribution >= 4 is 11.9 Å². The van der Waals surface area contributed by atoms with Gasteiger partial charge >= 0.3 is 11.9 Å². The summed E-state index contributed by atoms with van der Waals surface area (Å²) in [4.78, 5) is 25.4. The molecule has 0 aromatic carbocycles. The second-order valence-electron chi connectivity index (χ2n) is 9.90. The summed E-state index contributed by atoms with van der Waals surface area (Å²) in [5.41, 5.74) is -2.13. The zero-order valence-corrected chi connectivity index (χ0v) is 15.4. The molecule has 130 valence electrons. The Labute approximate surface area is 139 Å². The lowest BCUT2D eigenvalue weighted by Gasteiger charge is -2.56. The molecule has 0 radical (unpaired) electrons. The predicted molar refractivity (Wildman–Crippen MR) is 86.7 cm³/mol. The smallest absolute Gasteiger partial charge is 0.312 e. The van der Waals surface area contributed by atoms with Gasteiger partial charge in [0.05, 0.1) is 10.8 Å². The summed E-state index contributed by atoms with van der Waals surface area (Å²) >= 11 is 0. The number of carbonyl (C=O) groups is 2. The van der Waals surface area contributed by atoms with E-state index < -0.39 is 22.0 Å². The number of rotatable bonds is 3. The van der Waals surface area contributed by atoms with Crippen molar-refractivity contribution in [2.75, 3.05) is 0 Å². The molecule has 2 aliphatic heterocycles. The minimum Gasteiger partial charge on any atom is -0.459 e. The van der Waals surface area contributed by atoms with E-state index in [1.54, 1.807) is 0 Å². The molecule has 4 nitrogen and oxygen atoms in total. The van der Waals surface area contributed by atoms with Crippen molar-refractivity contribution in [1.29, 1.82) is 0 Å². The monoisotopic (exact) mass is 322 g/mol. The van der Waals surface area contributed by atoms with Crippen molar-refractivity contribution in [2.24, 2.45) is 16.2 Å². The van der Waals surface area contributed by atoms with Gasteiger partial charge in [-0.15, -0.1) is 0 Å². The molecule has 4 fully saturated rings. The number of ether oxygens (including phenoxy) is 2. The molecule has 4 atom stereocenters. The summed E-state index contributed by atoms with van der Waals surface area (Å²) in [6.07, 6.45) is 4.48. The lowest BCUT2D eigenvalue weighted by molar-refractivity contribution is -0.202. The fourth-order valence-corrected chi connectivity index (χ4v) is 5.67. The fourth-order valence-electron chi connectivity index (χ4n) is 5.67. The Hall–Kier alpha value is -1.06. The van der Waals surface area contributed by atoms with Crippen LogP contribution in [0.5, 0.6) is 0 Å². The van der Waals surface area contributed by atoms with Crippen LogP contribution in [0.1, 0.15) is 80.1 Å². The molecule has 4 heteroatoms. The maximum atomic E-state index is 12.7. The van der Waals surface area contributed by atoms with Gasteiger partial charge in [0.2, 0.25) is 0 Å². The van der Waals surface area contributed by atoms with Gasteiger partial charge in [-0.05, 0) is 58.8 Å². The SMILES string of the molecule is CCC(C)(C)C(=O)OC12CC3(C)CC(C)(C1)OC(=O)C(C)(C3)C2. The molecule has 4 unspecified atom stereocenters. The highest BCUT2D eigenvalue weighted by molar-refractivity contribution is 5.79. The first-order valence-electron chi connectivity index (χ1n) is 8.82. The second kappa shape index (κ2) is 4.52. The lowest BCUT2D eigenvalue weighted by Crippen LogP contribution is -2.57. The van der Waals surface area contributed by atoms with Gasteiger partial charge in [-0.3, -0.25) is 9.59 Å². The van der Waals surface area contributed by atoms with E-state index in [1.165, 1.54) is 0 Å². The van der Waals surface area contributed by atoms with Crippen LogP contribution in [0.3, 0.4) is 0 Å². The van der Waals surface area contributed by atoms with Crippen LogP contribution in [-0.2, 0) is 19.1 Å². The van der Waals surface area contributed by atoms with Gasteiger partial charge in [-0.2, -0.15) is 0 Å². The zero-order valence-electron chi connectivity index (χ0n) is 15.4. The van der Waals surface area contributed by atoms with Crippen LogP contribution in [0.4, 0.5) is 0 Å². The van der Waals surface area contributed by atoms with Crippen molar-refractivity contribution < 1.29 is 19.1 Å². The van der Waals surface area contributed by atoms with E-state index in [-0.39, 0.29) is 17.4 Å². The molecule has 0 aromatic heterocycles. The van der Waals surface area contributed by atoms with Crippen LogP contribution in [-0.4, -0.2) is 23.1 Å². The highest BCUT2D eigenvalue weighted by Crippen LogP contribution is 2.64. The quantitative estimate of drug-likeness (QED) is 0.737.